The zero-order valence-corrected chi connectivity index (χ0v) is 12.6. The van der Waals surface area contributed by atoms with Crippen molar-refractivity contribution < 1.29 is 9.53 Å². The first-order valence-electron chi connectivity index (χ1n) is 7.27. The predicted octanol–water partition coefficient (Wildman–Crippen LogP) is 1.90. The van der Waals surface area contributed by atoms with Gasteiger partial charge < -0.3 is 9.64 Å². The van der Waals surface area contributed by atoms with E-state index in [-0.39, 0.29) is 11.8 Å². The maximum atomic E-state index is 12.7. The number of carbonyl (C=O) groups is 1. The molecule has 4 heteroatoms. The highest BCUT2D eigenvalue weighted by Gasteiger charge is 2.27. The number of hydrogen-bond donors (Lipinski definition) is 0. The summed E-state index contributed by atoms with van der Waals surface area (Å²) in [5.41, 5.74) is 0.764. The average Bonchev–Trinajstić information content (AvgIpc) is 2.61. The number of carbonyl (C=O) groups excluding carboxylic acids is 1. The van der Waals surface area contributed by atoms with E-state index in [1.54, 1.807) is 0 Å². The van der Waals surface area contributed by atoms with Crippen molar-refractivity contribution in [3.63, 3.8) is 0 Å². The second-order valence-electron chi connectivity index (χ2n) is 5.43. The van der Waals surface area contributed by atoms with Crippen LogP contribution in [-0.4, -0.2) is 62.0 Å². The van der Waals surface area contributed by atoms with E-state index < -0.39 is 0 Å². The van der Waals surface area contributed by atoms with Crippen LogP contribution in [-0.2, 0) is 0 Å². The molecule has 1 saturated heterocycles. The topological polar surface area (TPSA) is 32.8 Å². The third-order valence-electron chi connectivity index (χ3n) is 3.82. The lowest BCUT2D eigenvalue weighted by atomic mass is 10.0. The minimum absolute atomic E-state index is 0.0551. The quantitative estimate of drug-likeness (QED) is 0.786. The van der Waals surface area contributed by atoms with Crippen LogP contribution in [0.5, 0.6) is 5.75 Å². The highest BCUT2D eigenvalue weighted by molar-refractivity contribution is 6.00. The minimum Gasteiger partial charge on any atom is -0.494 e. The Balaban J connectivity index is 2.12. The molecule has 20 heavy (non-hydrogen) atoms. The van der Waals surface area contributed by atoms with Gasteiger partial charge >= 0.3 is 0 Å². The predicted molar refractivity (Wildman–Crippen MR) is 80.5 cm³/mol. The van der Waals surface area contributed by atoms with Gasteiger partial charge in [0.15, 0.2) is 5.78 Å². The Morgan fingerprint density at radius 2 is 1.95 bits per heavy atom. The zero-order chi connectivity index (χ0) is 14.5. The second-order valence-corrected chi connectivity index (χ2v) is 5.43. The maximum absolute atomic E-state index is 12.7. The molecule has 0 saturated carbocycles. The number of ketones is 1. The summed E-state index contributed by atoms with van der Waals surface area (Å²) in [4.78, 5) is 17.1. The van der Waals surface area contributed by atoms with Crippen LogP contribution in [0.4, 0.5) is 0 Å². The van der Waals surface area contributed by atoms with Crippen LogP contribution in [0.15, 0.2) is 24.3 Å². The minimum atomic E-state index is -0.0551. The van der Waals surface area contributed by atoms with Gasteiger partial charge in [0.25, 0.3) is 0 Å². The van der Waals surface area contributed by atoms with Crippen LogP contribution >= 0.6 is 0 Å². The van der Waals surface area contributed by atoms with Crippen LogP contribution in [0, 0.1) is 0 Å². The second kappa shape index (κ2) is 6.86. The van der Waals surface area contributed by atoms with Gasteiger partial charge in [0.2, 0.25) is 0 Å². The molecule has 1 atom stereocenters. The fourth-order valence-electron chi connectivity index (χ4n) is 2.63. The van der Waals surface area contributed by atoms with Crippen molar-refractivity contribution >= 4 is 5.78 Å². The Hall–Kier alpha value is -1.39. The summed E-state index contributed by atoms with van der Waals surface area (Å²) in [6.45, 7) is 5.41. The van der Waals surface area contributed by atoms with E-state index >= 15 is 0 Å². The summed E-state index contributed by atoms with van der Waals surface area (Å²) in [7, 11) is 4.12. The van der Waals surface area contributed by atoms with Crippen LogP contribution < -0.4 is 4.74 Å². The highest BCUT2D eigenvalue weighted by Crippen LogP contribution is 2.16. The lowest BCUT2D eigenvalue weighted by Gasteiger charge is -2.26. The van der Waals surface area contributed by atoms with E-state index in [2.05, 4.69) is 16.8 Å². The lowest BCUT2D eigenvalue weighted by Crippen LogP contribution is -2.43. The first-order chi connectivity index (χ1) is 9.61. The molecule has 0 aliphatic carbocycles. The third-order valence-corrected chi connectivity index (χ3v) is 3.82. The molecule has 1 aliphatic heterocycles. The normalized spacial score (nSPS) is 21.4. The van der Waals surface area contributed by atoms with Gasteiger partial charge in [-0.1, -0.05) is 0 Å². The molecule has 0 radical (unpaired) electrons. The van der Waals surface area contributed by atoms with Gasteiger partial charge in [0.05, 0.1) is 12.6 Å². The number of nitrogens with zero attached hydrogens (tertiary/aromatic N) is 2. The molecule has 1 aromatic carbocycles. The first-order valence-corrected chi connectivity index (χ1v) is 7.27. The molecule has 110 valence electrons. The van der Waals surface area contributed by atoms with Crippen LogP contribution in [0.1, 0.15) is 23.7 Å². The summed E-state index contributed by atoms with van der Waals surface area (Å²) in [5, 5.41) is 0. The molecular weight excluding hydrogens is 252 g/mol. The molecule has 1 aliphatic rings. The summed E-state index contributed by atoms with van der Waals surface area (Å²) in [5.74, 6) is 1.01. The number of benzene rings is 1. The van der Waals surface area contributed by atoms with E-state index in [0.29, 0.717) is 6.61 Å². The summed E-state index contributed by atoms with van der Waals surface area (Å²) >= 11 is 0. The number of likely N-dealkylation sites (N-methyl/N-ethyl adjacent to an activating group) is 2. The van der Waals surface area contributed by atoms with Gasteiger partial charge in [-0.05, 0) is 64.8 Å². The van der Waals surface area contributed by atoms with E-state index in [1.165, 1.54) is 0 Å². The van der Waals surface area contributed by atoms with Crippen molar-refractivity contribution in [1.29, 1.82) is 0 Å². The largest absolute Gasteiger partial charge is 0.494 e. The van der Waals surface area contributed by atoms with E-state index in [1.807, 2.05) is 38.2 Å². The van der Waals surface area contributed by atoms with Crippen LogP contribution in [0.2, 0.25) is 0 Å². The smallest absolute Gasteiger partial charge is 0.181 e. The number of Topliss-reactive ketones (excluding diaryl/α,β-unsaturated/α-hetero) is 1. The van der Waals surface area contributed by atoms with Gasteiger partial charge in [-0.2, -0.15) is 0 Å². The van der Waals surface area contributed by atoms with Gasteiger partial charge in [-0.15, -0.1) is 0 Å². The van der Waals surface area contributed by atoms with Crippen LogP contribution in [0.3, 0.4) is 0 Å². The van der Waals surface area contributed by atoms with Crippen molar-refractivity contribution in [1.82, 2.24) is 9.80 Å². The molecule has 0 amide bonds. The van der Waals surface area contributed by atoms with Crippen molar-refractivity contribution in [2.45, 2.75) is 19.4 Å². The molecule has 0 bridgehead atoms. The van der Waals surface area contributed by atoms with Crippen molar-refractivity contribution in [2.24, 2.45) is 0 Å². The third kappa shape index (κ3) is 3.58. The lowest BCUT2D eigenvalue weighted by molar-refractivity contribution is 0.0839. The molecule has 4 nitrogen and oxygen atoms in total. The van der Waals surface area contributed by atoms with Gasteiger partial charge in [0, 0.05) is 12.1 Å². The van der Waals surface area contributed by atoms with E-state index in [0.717, 1.165) is 37.4 Å². The molecular formula is C16H24N2O2. The number of ether oxygens (including phenoxy) is 1. The zero-order valence-electron chi connectivity index (χ0n) is 12.6. The molecule has 0 aromatic heterocycles. The Labute approximate surface area is 121 Å². The van der Waals surface area contributed by atoms with Crippen LogP contribution in [0.25, 0.3) is 0 Å². The molecule has 2 rings (SSSR count). The summed E-state index contributed by atoms with van der Waals surface area (Å²) in [6.07, 6.45) is 1.11. The van der Waals surface area contributed by atoms with Gasteiger partial charge in [-0.25, -0.2) is 0 Å². The Morgan fingerprint density at radius 3 is 2.60 bits per heavy atom. The fourth-order valence-corrected chi connectivity index (χ4v) is 2.63. The standard InChI is InChI=1S/C16H24N2O2/c1-4-20-14-8-6-13(7-9-14)16(19)15-12-17(2)10-5-11-18(15)3/h6-9,15H,4-5,10-12H2,1-3H3. The summed E-state index contributed by atoms with van der Waals surface area (Å²) < 4.78 is 5.41. The Morgan fingerprint density at radius 1 is 1.25 bits per heavy atom. The highest BCUT2D eigenvalue weighted by atomic mass is 16.5. The Bertz CT molecular complexity index is 444. The van der Waals surface area contributed by atoms with Gasteiger partial charge in [-0.3, -0.25) is 9.69 Å². The molecule has 1 heterocycles. The van der Waals surface area contributed by atoms with Crippen molar-refractivity contribution in [2.75, 3.05) is 40.3 Å². The van der Waals surface area contributed by atoms with Crippen molar-refractivity contribution in [3.05, 3.63) is 29.8 Å². The summed E-state index contributed by atoms with van der Waals surface area (Å²) in [6, 6.07) is 7.42. The monoisotopic (exact) mass is 276 g/mol. The molecule has 1 unspecified atom stereocenters. The molecule has 1 aromatic rings. The molecule has 0 N–H and O–H groups in total. The molecule has 0 spiro atoms. The first kappa shape index (κ1) is 15.0. The Kier molecular flexibility index (Phi) is 5.15. The molecule has 1 fully saturated rings. The van der Waals surface area contributed by atoms with Gasteiger partial charge in [0.1, 0.15) is 5.75 Å². The maximum Gasteiger partial charge on any atom is 0.181 e. The van der Waals surface area contributed by atoms with E-state index in [4.69, 9.17) is 4.74 Å². The van der Waals surface area contributed by atoms with Crippen molar-refractivity contribution in [3.8, 4) is 5.75 Å². The SMILES string of the molecule is CCOc1ccc(C(=O)C2CN(C)CCCN2C)cc1. The fraction of sp³-hybridized carbons (Fsp3) is 0.562. The number of rotatable bonds is 4. The average molecular weight is 276 g/mol. The number of hydrogen-bond acceptors (Lipinski definition) is 4. The van der Waals surface area contributed by atoms with E-state index in [9.17, 15) is 4.79 Å².